The lowest BCUT2D eigenvalue weighted by atomic mass is 10.1. The van der Waals surface area contributed by atoms with E-state index in [1.54, 1.807) is 11.3 Å². The Bertz CT molecular complexity index is 280. The molecule has 0 N–H and O–H groups in total. The Morgan fingerprint density at radius 1 is 1.54 bits per heavy atom. The van der Waals surface area contributed by atoms with Crippen LogP contribution in [0.5, 0.6) is 0 Å². The third-order valence-electron chi connectivity index (χ3n) is 1.85. The van der Waals surface area contributed by atoms with Gasteiger partial charge in [0.2, 0.25) is 0 Å². The van der Waals surface area contributed by atoms with Crippen LogP contribution in [0.4, 0.5) is 0 Å². The van der Waals surface area contributed by atoms with Crippen LogP contribution in [0.1, 0.15) is 36.1 Å². The summed E-state index contributed by atoms with van der Waals surface area (Å²) in [5, 5.41) is 1.08. The van der Waals surface area contributed by atoms with Crippen LogP contribution in [0.25, 0.3) is 0 Å². The number of aryl methyl sites for hydroxylation is 2. The van der Waals surface area contributed by atoms with Gasteiger partial charge in [0.15, 0.2) is 0 Å². The molecule has 2 nitrogen and oxygen atoms in total. The van der Waals surface area contributed by atoms with Crippen molar-refractivity contribution in [3.05, 3.63) is 16.1 Å². The van der Waals surface area contributed by atoms with Crippen LogP contribution in [-0.4, -0.2) is 10.8 Å². The molecule has 0 spiro atoms. The maximum absolute atomic E-state index is 11.2. The average molecular weight is 197 g/mol. The maximum atomic E-state index is 11.2. The first-order valence-corrected chi connectivity index (χ1v) is 5.47. The lowest BCUT2D eigenvalue weighted by Crippen LogP contribution is -1.97. The van der Waals surface area contributed by atoms with Crippen molar-refractivity contribution in [2.45, 2.75) is 39.5 Å². The highest BCUT2D eigenvalue weighted by molar-refractivity contribution is 7.11. The van der Waals surface area contributed by atoms with Crippen LogP contribution >= 0.6 is 11.3 Å². The zero-order chi connectivity index (χ0) is 9.68. The van der Waals surface area contributed by atoms with Gasteiger partial charge in [-0.25, -0.2) is 4.98 Å². The molecular formula is C10H15NOS. The number of rotatable bonds is 5. The number of carbonyl (C=O) groups is 1. The Balaban J connectivity index is 2.30. The molecule has 13 heavy (non-hydrogen) atoms. The number of hydrogen-bond acceptors (Lipinski definition) is 3. The average Bonchev–Trinajstić information content (AvgIpc) is 2.49. The Morgan fingerprint density at radius 3 is 2.85 bits per heavy atom. The molecule has 0 bridgehead atoms. The molecule has 0 amide bonds. The number of thiazole rings is 1. The molecule has 0 fully saturated rings. The van der Waals surface area contributed by atoms with E-state index in [1.165, 1.54) is 4.88 Å². The third-order valence-corrected chi connectivity index (χ3v) is 2.82. The molecule has 0 unspecified atom stereocenters. The second-order valence-electron chi connectivity index (χ2n) is 3.13. The zero-order valence-corrected chi connectivity index (χ0v) is 8.99. The molecule has 1 heterocycles. The lowest BCUT2D eigenvalue weighted by Gasteiger charge is -1.95. The summed E-state index contributed by atoms with van der Waals surface area (Å²) in [6.07, 6.45) is 5.09. The van der Waals surface area contributed by atoms with Gasteiger partial charge in [-0.15, -0.1) is 11.3 Å². The summed E-state index contributed by atoms with van der Waals surface area (Å²) < 4.78 is 0. The SMILES string of the molecule is CCCC(=O)CCc1cnc(C)s1. The van der Waals surface area contributed by atoms with Crippen LogP contribution in [0, 0.1) is 6.92 Å². The molecule has 0 aliphatic rings. The molecule has 0 aliphatic carbocycles. The summed E-state index contributed by atoms with van der Waals surface area (Å²) in [5.74, 6) is 0.369. The van der Waals surface area contributed by atoms with Gasteiger partial charge in [0.1, 0.15) is 5.78 Å². The summed E-state index contributed by atoms with van der Waals surface area (Å²) in [4.78, 5) is 16.6. The molecule has 0 radical (unpaired) electrons. The summed E-state index contributed by atoms with van der Waals surface area (Å²) in [7, 11) is 0. The number of nitrogens with zero attached hydrogens (tertiary/aromatic N) is 1. The van der Waals surface area contributed by atoms with Gasteiger partial charge >= 0.3 is 0 Å². The van der Waals surface area contributed by atoms with Gasteiger partial charge in [-0.3, -0.25) is 4.79 Å². The Hall–Kier alpha value is -0.700. The van der Waals surface area contributed by atoms with Crippen molar-refractivity contribution in [2.24, 2.45) is 0 Å². The summed E-state index contributed by atoms with van der Waals surface area (Å²) in [6.45, 7) is 4.02. The van der Waals surface area contributed by atoms with E-state index in [2.05, 4.69) is 4.98 Å². The minimum Gasteiger partial charge on any atom is -0.300 e. The number of ketones is 1. The van der Waals surface area contributed by atoms with Gasteiger partial charge in [0.05, 0.1) is 5.01 Å². The van der Waals surface area contributed by atoms with Crippen LogP contribution in [0.3, 0.4) is 0 Å². The molecule has 1 aromatic rings. The monoisotopic (exact) mass is 197 g/mol. The molecule has 0 saturated heterocycles. The summed E-state index contributed by atoms with van der Waals surface area (Å²) >= 11 is 1.68. The van der Waals surface area contributed by atoms with Crippen LogP contribution in [0.15, 0.2) is 6.20 Å². The second-order valence-corrected chi connectivity index (χ2v) is 4.45. The predicted octanol–water partition coefficient (Wildman–Crippen LogP) is 2.75. The van der Waals surface area contributed by atoms with Gasteiger partial charge in [-0.05, 0) is 19.8 Å². The van der Waals surface area contributed by atoms with E-state index in [4.69, 9.17) is 0 Å². The molecule has 0 saturated carbocycles. The number of carbonyl (C=O) groups excluding carboxylic acids is 1. The number of Topliss-reactive ketones (excluding diaryl/α,β-unsaturated/α-hetero) is 1. The van der Waals surface area contributed by atoms with E-state index in [9.17, 15) is 4.79 Å². The highest BCUT2D eigenvalue weighted by atomic mass is 32.1. The highest BCUT2D eigenvalue weighted by Crippen LogP contribution is 2.14. The first-order chi connectivity index (χ1) is 6.22. The minimum absolute atomic E-state index is 0.369. The van der Waals surface area contributed by atoms with Gasteiger partial charge in [0, 0.05) is 23.9 Å². The Kier molecular flexibility index (Phi) is 4.09. The zero-order valence-electron chi connectivity index (χ0n) is 8.17. The fourth-order valence-electron chi connectivity index (χ4n) is 1.19. The molecule has 1 aromatic heterocycles. The van der Waals surface area contributed by atoms with Crippen molar-refractivity contribution >= 4 is 17.1 Å². The quantitative estimate of drug-likeness (QED) is 0.726. The largest absolute Gasteiger partial charge is 0.300 e. The van der Waals surface area contributed by atoms with Gasteiger partial charge in [0.25, 0.3) is 0 Å². The first-order valence-electron chi connectivity index (χ1n) is 4.65. The smallest absolute Gasteiger partial charge is 0.133 e. The molecule has 0 aliphatic heterocycles. The van der Waals surface area contributed by atoms with Crippen LogP contribution in [0.2, 0.25) is 0 Å². The van der Waals surface area contributed by atoms with Crippen molar-refractivity contribution in [1.29, 1.82) is 0 Å². The lowest BCUT2D eigenvalue weighted by molar-refractivity contribution is -0.119. The summed E-state index contributed by atoms with van der Waals surface area (Å²) in [5.41, 5.74) is 0. The van der Waals surface area contributed by atoms with E-state index < -0.39 is 0 Å². The van der Waals surface area contributed by atoms with Gasteiger partial charge in [-0.2, -0.15) is 0 Å². The third kappa shape index (κ3) is 3.68. The van der Waals surface area contributed by atoms with Gasteiger partial charge in [-0.1, -0.05) is 6.92 Å². The first kappa shape index (κ1) is 10.4. The molecule has 0 atom stereocenters. The van der Waals surface area contributed by atoms with E-state index >= 15 is 0 Å². The Labute approximate surface area is 83.0 Å². The van der Waals surface area contributed by atoms with Gasteiger partial charge < -0.3 is 0 Å². The Morgan fingerprint density at radius 2 is 2.31 bits per heavy atom. The van der Waals surface area contributed by atoms with E-state index in [1.807, 2.05) is 20.0 Å². The minimum atomic E-state index is 0.369. The number of hydrogen-bond donors (Lipinski definition) is 0. The van der Waals surface area contributed by atoms with Crippen molar-refractivity contribution in [2.75, 3.05) is 0 Å². The molecule has 1 rings (SSSR count). The molecule has 72 valence electrons. The molecule has 3 heteroatoms. The van der Waals surface area contributed by atoms with Crippen molar-refractivity contribution in [3.63, 3.8) is 0 Å². The van der Waals surface area contributed by atoms with Crippen LogP contribution < -0.4 is 0 Å². The highest BCUT2D eigenvalue weighted by Gasteiger charge is 2.03. The predicted molar refractivity (Wildman–Crippen MR) is 55.1 cm³/mol. The van der Waals surface area contributed by atoms with Crippen LogP contribution in [-0.2, 0) is 11.2 Å². The van der Waals surface area contributed by atoms with Crippen molar-refractivity contribution in [3.8, 4) is 0 Å². The normalized spacial score (nSPS) is 10.3. The van der Waals surface area contributed by atoms with E-state index in [-0.39, 0.29) is 0 Å². The number of aromatic nitrogens is 1. The maximum Gasteiger partial charge on any atom is 0.133 e. The van der Waals surface area contributed by atoms with Crippen molar-refractivity contribution in [1.82, 2.24) is 4.98 Å². The molecular weight excluding hydrogens is 182 g/mol. The fourth-order valence-corrected chi connectivity index (χ4v) is 1.98. The van der Waals surface area contributed by atoms with Crippen molar-refractivity contribution < 1.29 is 4.79 Å². The van der Waals surface area contributed by atoms with E-state index in [0.29, 0.717) is 12.2 Å². The second kappa shape index (κ2) is 5.12. The fraction of sp³-hybridized carbons (Fsp3) is 0.600. The summed E-state index contributed by atoms with van der Waals surface area (Å²) in [6, 6.07) is 0. The standard InChI is InChI=1S/C10H15NOS/c1-3-4-9(12)5-6-10-7-11-8(2)13-10/h7H,3-6H2,1-2H3. The molecule has 0 aromatic carbocycles. The van der Waals surface area contributed by atoms with E-state index in [0.717, 1.165) is 24.3 Å². The topological polar surface area (TPSA) is 30.0 Å².